The van der Waals surface area contributed by atoms with Crippen LogP contribution in [0.15, 0.2) is 42.5 Å². The van der Waals surface area contributed by atoms with E-state index in [1.165, 1.54) is 12.1 Å². The Balaban J connectivity index is 1.58. The summed E-state index contributed by atoms with van der Waals surface area (Å²) in [5.74, 6) is -2.20. The van der Waals surface area contributed by atoms with Crippen molar-refractivity contribution >= 4 is 23.6 Å². The maximum atomic E-state index is 14.9. The number of carbonyl (C=O) groups is 2. The van der Waals surface area contributed by atoms with Crippen LogP contribution >= 0.6 is 11.6 Å². The number of rotatable bonds is 4. The number of hydrogen-bond acceptors (Lipinski definition) is 4. The van der Waals surface area contributed by atoms with Crippen molar-refractivity contribution in [2.24, 2.45) is 5.92 Å². The second-order valence-electron chi connectivity index (χ2n) is 11.4. The van der Waals surface area contributed by atoms with Crippen LogP contribution in [-0.2, 0) is 9.53 Å². The Bertz CT molecular complexity index is 1170. The first-order chi connectivity index (χ1) is 18.5. The van der Waals surface area contributed by atoms with Gasteiger partial charge in [0.15, 0.2) is 0 Å². The minimum Gasteiger partial charge on any atom is -0.450 e. The van der Waals surface area contributed by atoms with Gasteiger partial charge in [0.2, 0.25) is 5.91 Å². The van der Waals surface area contributed by atoms with Gasteiger partial charge in [-0.05, 0) is 69.9 Å². The molecule has 39 heavy (non-hydrogen) atoms. The lowest BCUT2D eigenvalue weighted by Crippen LogP contribution is -2.48. The van der Waals surface area contributed by atoms with E-state index in [2.05, 4.69) is 25.7 Å². The van der Waals surface area contributed by atoms with Crippen LogP contribution in [0, 0.1) is 17.6 Å². The fraction of sp³-hybridized carbons (Fsp3) is 0.533. The monoisotopic (exact) mass is 561 g/mol. The van der Waals surface area contributed by atoms with Crippen LogP contribution in [-0.4, -0.2) is 71.6 Å². The predicted molar refractivity (Wildman–Crippen MR) is 148 cm³/mol. The van der Waals surface area contributed by atoms with Crippen LogP contribution in [0.2, 0.25) is 5.02 Å². The summed E-state index contributed by atoms with van der Waals surface area (Å²) >= 11 is 6.09. The van der Waals surface area contributed by atoms with Crippen LogP contribution in [0.4, 0.5) is 13.6 Å². The highest BCUT2D eigenvalue weighted by atomic mass is 35.5. The highest BCUT2D eigenvalue weighted by molar-refractivity contribution is 6.30. The molecule has 2 aromatic carbocycles. The van der Waals surface area contributed by atoms with Crippen molar-refractivity contribution in [3.05, 3.63) is 70.2 Å². The average Bonchev–Trinajstić information content (AvgIpc) is 3.30. The molecule has 3 atom stereocenters. The van der Waals surface area contributed by atoms with E-state index in [-0.39, 0.29) is 24.1 Å². The number of likely N-dealkylation sites (tertiary alicyclic amines) is 1. The minimum atomic E-state index is -0.636. The van der Waals surface area contributed by atoms with E-state index in [4.69, 9.17) is 16.3 Å². The fourth-order valence-corrected chi connectivity index (χ4v) is 5.88. The third-order valence-electron chi connectivity index (χ3n) is 7.91. The van der Waals surface area contributed by atoms with Crippen molar-refractivity contribution in [2.75, 3.05) is 39.3 Å². The molecular formula is C30H38ClF2N3O3. The summed E-state index contributed by atoms with van der Waals surface area (Å²) in [5, 5.41) is 0.622. The van der Waals surface area contributed by atoms with Gasteiger partial charge < -0.3 is 9.64 Å². The van der Waals surface area contributed by atoms with Crippen LogP contribution < -0.4 is 0 Å². The molecule has 2 heterocycles. The minimum absolute atomic E-state index is 0.0655. The number of halogens is 3. The largest absolute Gasteiger partial charge is 0.450 e. The van der Waals surface area contributed by atoms with Crippen molar-refractivity contribution in [2.45, 2.75) is 58.0 Å². The second kappa shape index (κ2) is 12.2. The van der Waals surface area contributed by atoms with Gasteiger partial charge in [-0.3, -0.25) is 14.6 Å². The normalized spacial score (nSPS) is 22.9. The summed E-state index contributed by atoms with van der Waals surface area (Å²) < 4.78 is 34.0. The van der Waals surface area contributed by atoms with Crippen LogP contribution in [0.5, 0.6) is 0 Å². The summed E-state index contributed by atoms with van der Waals surface area (Å²) in [4.78, 5) is 32.7. The molecular weight excluding hydrogens is 524 g/mol. The van der Waals surface area contributed by atoms with Crippen molar-refractivity contribution in [3.63, 3.8) is 0 Å². The molecule has 0 N–H and O–H groups in total. The van der Waals surface area contributed by atoms with E-state index in [9.17, 15) is 18.4 Å². The van der Waals surface area contributed by atoms with Gasteiger partial charge in [-0.15, -0.1) is 0 Å². The van der Waals surface area contributed by atoms with Gasteiger partial charge in [-0.2, -0.15) is 0 Å². The number of ether oxygens (including phenoxy) is 1. The molecule has 0 radical (unpaired) electrons. The third kappa shape index (κ3) is 6.72. The molecule has 2 aliphatic rings. The van der Waals surface area contributed by atoms with Gasteiger partial charge in [0.05, 0.1) is 18.6 Å². The molecule has 2 aliphatic heterocycles. The number of nitrogens with zero attached hydrogens (tertiary/aromatic N) is 3. The molecule has 0 bridgehead atoms. The molecule has 0 aromatic heterocycles. The SMILES string of the molecule is CCOC(=O)N1CCN(C(=O)C2CN(C(C)(C)C)CC2c2ccc(F)cc2F)CCCC1c1ccc(Cl)cc1. The summed E-state index contributed by atoms with van der Waals surface area (Å²) in [6.45, 7) is 10.4. The first kappa shape index (κ1) is 29.3. The Hall–Kier alpha value is -2.71. The van der Waals surface area contributed by atoms with E-state index in [1.807, 2.05) is 24.3 Å². The van der Waals surface area contributed by atoms with E-state index < -0.39 is 29.6 Å². The van der Waals surface area contributed by atoms with Gasteiger partial charge in [-0.25, -0.2) is 13.6 Å². The molecule has 2 saturated heterocycles. The number of benzene rings is 2. The molecule has 3 unspecified atom stereocenters. The van der Waals surface area contributed by atoms with Gasteiger partial charge >= 0.3 is 6.09 Å². The zero-order valence-electron chi connectivity index (χ0n) is 23.1. The molecule has 4 rings (SSSR count). The lowest BCUT2D eigenvalue weighted by Gasteiger charge is -2.37. The second-order valence-corrected chi connectivity index (χ2v) is 11.8. The molecule has 212 valence electrons. The first-order valence-electron chi connectivity index (χ1n) is 13.7. The molecule has 0 spiro atoms. The Kier molecular flexibility index (Phi) is 9.17. The van der Waals surface area contributed by atoms with Crippen LogP contribution in [0.1, 0.15) is 63.6 Å². The van der Waals surface area contributed by atoms with E-state index in [0.717, 1.165) is 11.6 Å². The maximum absolute atomic E-state index is 14.9. The smallest absolute Gasteiger partial charge is 0.410 e. The number of amides is 2. The summed E-state index contributed by atoms with van der Waals surface area (Å²) in [7, 11) is 0. The number of hydrogen-bond donors (Lipinski definition) is 0. The first-order valence-corrected chi connectivity index (χ1v) is 14.0. The van der Waals surface area contributed by atoms with E-state index >= 15 is 0 Å². The van der Waals surface area contributed by atoms with E-state index in [0.29, 0.717) is 56.2 Å². The van der Waals surface area contributed by atoms with E-state index in [1.54, 1.807) is 16.7 Å². The Morgan fingerprint density at radius 2 is 1.74 bits per heavy atom. The van der Waals surface area contributed by atoms with Gasteiger partial charge in [0.1, 0.15) is 11.6 Å². The molecule has 2 fully saturated rings. The van der Waals surface area contributed by atoms with Crippen molar-refractivity contribution < 1.29 is 23.1 Å². The summed E-state index contributed by atoms with van der Waals surface area (Å²) in [6, 6.07) is 10.9. The molecule has 2 amide bonds. The van der Waals surface area contributed by atoms with Crippen LogP contribution in [0.25, 0.3) is 0 Å². The standard InChI is InChI=1S/C30H38ClF2N3O3/c1-5-39-29(38)36-16-15-34(14-6-7-27(36)20-8-10-21(31)11-9-20)28(37)25-19-35(30(2,3)4)18-24(25)23-13-12-22(32)17-26(23)33/h8-13,17,24-25,27H,5-7,14-16,18-19H2,1-4H3. The predicted octanol–water partition coefficient (Wildman–Crippen LogP) is 6.25. The van der Waals surface area contributed by atoms with Gasteiger partial charge in [0, 0.05) is 55.3 Å². The molecule has 0 saturated carbocycles. The maximum Gasteiger partial charge on any atom is 0.410 e. The summed E-state index contributed by atoms with van der Waals surface area (Å²) in [6.07, 6.45) is 0.914. The molecule has 0 aliphatic carbocycles. The molecule has 6 nitrogen and oxygen atoms in total. The summed E-state index contributed by atoms with van der Waals surface area (Å²) in [5.41, 5.74) is 1.12. The van der Waals surface area contributed by atoms with Crippen LogP contribution in [0.3, 0.4) is 0 Å². The Morgan fingerprint density at radius 1 is 1.03 bits per heavy atom. The van der Waals surface area contributed by atoms with Crippen molar-refractivity contribution in [3.8, 4) is 0 Å². The van der Waals surface area contributed by atoms with Gasteiger partial charge in [0.25, 0.3) is 0 Å². The zero-order chi connectivity index (χ0) is 28.3. The van der Waals surface area contributed by atoms with Gasteiger partial charge in [-0.1, -0.05) is 29.8 Å². The fourth-order valence-electron chi connectivity index (χ4n) is 5.76. The highest BCUT2D eigenvalue weighted by Crippen LogP contribution is 2.39. The number of carbonyl (C=O) groups excluding carboxylic acids is 2. The lowest BCUT2D eigenvalue weighted by molar-refractivity contribution is -0.136. The Morgan fingerprint density at radius 3 is 2.38 bits per heavy atom. The molecule has 9 heteroatoms. The third-order valence-corrected chi connectivity index (χ3v) is 8.16. The topological polar surface area (TPSA) is 53.1 Å². The Labute approximate surface area is 234 Å². The quantitative estimate of drug-likeness (QED) is 0.442. The lowest BCUT2D eigenvalue weighted by atomic mass is 9.87. The van der Waals surface area contributed by atoms with Crippen molar-refractivity contribution in [1.82, 2.24) is 14.7 Å². The zero-order valence-corrected chi connectivity index (χ0v) is 23.9. The van der Waals surface area contributed by atoms with Crippen molar-refractivity contribution in [1.29, 1.82) is 0 Å². The average molecular weight is 562 g/mol. The molecule has 2 aromatic rings. The highest BCUT2D eigenvalue weighted by Gasteiger charge is 2.44.